The second kappa shape index (κ2) is 7.91. The minimum Gasteiger partial charge on any atom is -0.465 e. The Morgan fingerprint density at radius 1 is 0.743 bits per heavy atom. The Labute approximate surface area is 201 Å². The zero-order valence-corrected chi connectivity index (χ0v) is 18.8. The SMILES string of the molecule is COC(=O)c1ccc(OC(=O)CN2C(=O)[C@H]3C4c5ccccc5C(c5ccccc54)[C@@H]3C2=O)cc1. The van der Waals surface area contributed by atoms with Crippen molar-refractivity contribution in [2.75, 3.05) is 13.7 Å². The molecule has 174 valence electrons. The van der Waals surface area contributed by atoms with Crippen LogP contribution in [-0.2, 0) is 19.1 Å². The zero-order chi connectivity index (χ0) is 24.3. The van der Waals surface area contributed by atoms with Gasteiger partial charge in [0.05, 0.1) is 24.5 Å². The monoisotopic (exact) mass is 467 g/mol. The van der Waals surface area contributed by atoms with Crippen LogP contribution in [-0.4, -0.2) is 42.3 Å². The normalized spacial score (nSPS) is 23.4. The van der Waals surface area contributed by atoms with Crippen LogP contribution in [0.2, 0.25) is 0 Å². The highest BCUT2D eigenvalue weighted by Gasteiger charge is 2.61. The molecule has 1 aliphatic heterocycles. The largest absolute Gasteiger partial charge is 0.465 e. The van der Waals surface area contributed by atoms with Crippen LogP contribution < -0.4 is 4.74 Å². The number of carbonyl (C=O) groups is 4. The number of amides is 2. The number of hydrogen-bond donors (Lipinski definition) is 0. The molecular weight excluding hydrogens is 446 g/mol. The molecule has 0 aromatic heterocycles. The molecule has 0 saturated carbocycles. The highest BCUT2D eigenvalue weighted by Crippen LogP contribution is 2.60. The van der Waals surface area contributed by atoms with Gasteiger partial charge in [0.1, 0.15) is 12.3 Å². The number of nitrogens with zero attached hydrogens (tertiary/aromatic N) is 1. The van der Waals surface area contributed by atoms with E-state index in [4.69, 9.17) is 4.74 Å². The number of ether oxygens (including phenoxy) is 2. The van der Waals surface area contributed by atoms with E-state index in [2.05, 4.69) is 4.74 Å². The number of rotatable bonds is 4. The van der Waals surface area contributed by atoms with Crippen molar-refractivity contribution in [3.05, 3.63) is 101 Å². The Balaban J connectivity index is 1.27. The van der Waals surface area contributed by atoms with Crippen LogP contribution in [0.1, 0.15) is 44.4 Å². The van der Waals surface area contributed by atoms with Crippen molar-refractivity contribution in [3.8, 4) is 5.75 Å². The fourth-order valence-electron chi connectivity index (χ4n) is 5.96. The Bertz CT molecular complexity index is 1280. The van der Waals surface area contributed by atoms with Crippen molar-refractivity contribution in [2.45, 2.75) is 11.8 Å². The van der Waals surface area contributed by atoms with Gasteiger partial charge in [-0.1, -0.05) is 48.5 Å². The summed E-state index contributed by atoms with van der Waals surface area (Å²) in [4.78, 5) is 52.4. The first-order chi connectivity index (χ1) is 17.0. The summed E-state index contributed by atoms with van der Waals surface area (Å²) in [6.07, 6.45) is 0. The number of methoxy groups -OCH3 is 1. The van der Waals surface area contributed by atoms with Gasteiger partial charge in [0.2, 0.25) is 11.8 Å². The zero-order valence-electron chi connectivity index (χ0n) is 18.8. The fraction of sp³-hybridized carbons (Fsp3) is 0.214. The quantitative estimate of drug-likeness (QED) is 0.332. The van der Waals surface area contributed by atoms with Gasteiger partial charge >= 0.3 is 11.9 Å². The molecule has 0 N–H and O–H groups in total. The molecule has 1 fully saturated rings. The maximum absolute atomic E-state index is 13.5. The molecule has 1 heterocycles. The second-order valence-corrected chi connectivity index (χ2v) is 9.02. The van der Waals surface area contributed by atoms with Gasteiger partial charge in [-0.05, 0) is 46.5 Å². The molecule has 0 unspecified atom stereocenters. The number of likely N-dealkylation sites (tertiary alicyclic amines) is 1. The standard InChI is InChI=1S/C28H21NO6/c1-34-28(33)15-10-12-16(13-11-15)35-21(30)14-29-26(31)24-22-17-6-2-3-7-18(17)23(25(24)27(29)32)20-9-5-4-8-19(20)22/h2-13,22-25H,14H2,1H3/t22?,23?,24-,25-/m0/s1. The Morgan fingerprint density at radius 2 is 1.20 bits per heavy atom. The van der Waals surface area contributed by atoms with Crippen molar-refractivity contribution < 1.29 is 28.7 Å². The van der Waals surface area contributed by atoms with E-state index in [1.807, 2.05) is 48.5 Å². The highest BCUT2D eigenvalue weighted by atomic mass is 16.5. The smallest absolute Gasteiger partial charge is 0.337 e. The number of benzene rings is 3. The van der Waals surface area contributed by atoms with Gasteiger partial charge in [0.15, 0.2) is 0 Å². The lowest BCUT2D eigenvalue weighted by molar-refractivity contribution is -0.148. The third-order valence-corrected chi connectivity index (χ3v) is 7.33. The van der Waals surface area contributed by atoms with Gasteiger partial charge in [-0.3, -0.25) is 14.5 Å². The first-order valence-electron chi connectivity index (χ1n) is 11.4. The molecule has 7 heteroatoms. The molecule has 0 spiro atoms. The van der Waals surface area contributed by atoms with E-state index in [-0.39, 0.29) is 29.4 Å². The fourth-order valence-corrected chi connectivity index (χ4v) is 5.96. The molecule has 3 aromatic carbocycles. The van der Waals surface area contributed by atoms with E-state index in [1.54, 1.807) is 0 Å². The second-order valence-electron chi connectivity index (χ2n) is 9.02. The average Bonchev–Trinajstić information content (AvgIpc) is 3.14. The summed E-state index contributed by atoms with van der Waals surface area (Å²) < 4.78 is 10.0. The van der Waals surface area contributed by atoms with Gasteiger partial charge in [0.25, 0.3) is 0 Å². The third-order valence-electron chi connectivity index (χ3n) is 7.33. The summed E-state index contributed by atoms with van der Waals surface area (Å²) in [5.74, 6) is -3.21. The van der Waals surface area contributed by atoms with Crippen LogP contribution >= 0.6 is 0 Å². The molecule has 2 atom stereocenters. The Kier molecular flexibility index (Phi) is 4.81. The summed E-state index contributed by atoms with van der Waals surface area (Å²) in [6.45, 7) is -0.463. The molecule has 2 bridgehead atoms. The molecule has 3 aromatic rings. The van der Waals surface area contributed by atoms with Crippen molar-refractivity contribution in [3.63, 3.8) is 0 Å². The molecule has 2 amide bonds. The van der Waals surface area contributed by atoms with Crippen LogP contribution in [0.15, 0.2) is 72.8 Å². The third kappa shape index (κ3) is 3.11. The summed E-state index contributed by atoms with van der Waals surface area (Å²) in [6, 6.07) is 21.8. The first-order valence-corrected chi connectivity index (χ1v) is 11.4. The topological polar surface area (TPSA) is 90.0 Å². The first kappa shape index (κ1) is 21.3. The summed E-state index contributed by atoms with van der Waals surface area (Å²) in [5.41, 5.74) is 4.63. The molecule has 7 rings (SSSR count). The van der Waals surface area contributed by atoms with E-state index in [0.29, 0.717) is 5.56 Å². The molecule has 3 aliphatic carbocycles. The van der Waals surface area contributed by atoms with Crippen molar-refractivity contribution >= 4 is 23.8 Å². The van der Waals surface area contributed by atoms with Crippen LogP contribution in [0, 0.1) is 11.8 Å². The summed E-state index contributed by atoms with van der Waals surface area (Å²) >= 11 is 0. The van der Waals surface area contributed by atoms with E-state index in [0.717, 1.165) is 27.2 Å². The number of imide groups is 1. The van der Waals surface area contributed by atoms with E-state index >= 15 is 0 Å². The van der Waals surface area contributed by atoms with E-state index in [1.165, 1.54) is 31.4 Å². The van der Waals surface area contributed by atoms with E-state index in [9.17, 15) is 19.2 Å². The molecule has 4 aliphatic rings. The lowest BCUT2D eigenvalue weighted by Gasteiger charge is -2.45. The molecular formula is C28H21NO6. The summed E-state index contributed by atoms with van der Waals surface area (Å²) in [5, 5.41) is 0. The molecule has 7 nitrogen and oxygen atoms in total. The number of hydrogen-bond acceptors (Lipinski definition) is 6. The van der Waals surface area contributed by atoms with Gasteiger partial charge in [-0.25, -0.2) is 9.59 Å². The van der Waals surface area contributed by atoms with Crippen LogP contribution in [0.3, 0.4) is 0 Å². The minimum absolute atomic E-state index is 0.207. The average molecular weight is 467 g/mol. The minimum atomic E-state index is -0.724. The van der Waals surface area contributed by atoms with Crippen LogP contribution in [0.4, 0.5) is 0 Å². The highest BCUT2D eigenvalue weighted by molar-refractivity contribution is 6.09. The number of carbonyl (C=O) groups excluding carboxylic acids is 4. The summed E-state index contributed by atoms with van der Waals surface area (Å²) in [7, 11) is 1.28. The van der Waals surface area contributed by atoms with Crippen molar-refractivity contribution in [1.29, 1.82) is 0 Å². The predicted octanol–water partition coefficient (Wildman–Crippen LogP) is 3.27. The molecule has 35 heavy (non-hydrogen) atoms. The lowest BCUT2D eigenvalue weighted by atomic mass is 9.55. The predicted molar refractivity (Wildman–Crippen MR) is 124 cm³/mol. The number of esters is 2. The van der Waals surface area contributed by atoms with E-state index < -0.39 is 30.3 Å². The van der Waals surface area contributed by atoms with Gasteiger partial charge in [0, 0.05) is 11.8 Å². The Morgan fingerprint density at radius 3 is 1.63 bits per heavy atom. The van der Waals surface area contributed by atoms with Gasteiger partial charge < -0.3 is 9.47 Å². The van der Waals surface area contributed by atoms with Crippen molar-refractivity contribution in [1.82, 2.24) is 4.90 Å². The lowest BCUT2D eigenvalue weighted by Crippen LogP contribution is -2.41. The van der Waals surface area contributed by atoms with Gasteiger partial charge in [-0.15, -0.1) is 0 Å². The maximum Gasteiger partial charge on any atom is 0.337 e. The van der Waals surface area contributed by atoms with Crippen molar-refractivity contribution in [2.24, 2.45) is 11.8 Å². The van der Waals surface area contributed by atoms with Crippen LogP contribution in [0.25, 0.3) is 0 Å². The van der Waals surface area contributed by atoms with Crippen LogP contribution in [0.5, 0.6) is 5.75 Å². The maximum atomic E-state index is 13.5. The molecule has 0 radical (unpaired) electrons. The Hall–Kier alpha value is -4.26. The van der Waals surface area contributed by atoms with Gasteiger partial charge in [-0.2, -0.15) is 0 Å². The molecule has 1 saturated heterocycles.